The molecule has 264 valence electrons. The van der Waals surface area contributed by atoms with Crippen LogP contribution < -0.4 is 5.32 Å². The third kappa shape index (κ3) is 5.40. The minimum atomic E-state index is -0.449. The molecule has 0 bridgehead atoms. The summed E-state index contributed by atoms with van der Waals surface area (Å²) in [7, 11) is 0. The van der Waals surface area contributed by atoms with E-state index in [0.29, 0.717) is 5.84 Å². The molecule has 5 heteroatoms. The van der Waals surface area contributed by atoms with Gasteiger partial charge < -0.3 is 14.2 Å². The lowest BCUT2D eigenvalue weighted by molar-refractivity contribution is 0.658. The molecule has 2 aromatic heterocycles. The summed E-state index contributed by atoms with van der Waals surface area (Å²) in [5.41, 5.74) is 12.8. The number of aliphatic imine (C=N–C) groups is 2. The van der Waals surface area contributed by atoms with Gasteiger partial charge in [-0.05, 0) is 40.5 Å². The SMILES string of the molecule is c1ccc(C2=NC(c3ccc4c(oc5c(-c6ccc7oc8ccccc8c7c6)cccc54)c3-c3ccc(-c4ccccc4)cc3)NC(c3ccccc3)=N2)cc1. The van der Waals surface area contributed by atoms with Crippen LogP contribution in [0.25, 0.3) is 77.3 Å². The zero-order valence-corrected chi connectivity index (χ0v) is 30.2. The molecule has 0 amide bonds. The van der Waals surface area contributed by atoms with E-state index in [1.165, 1.54) is 5.56 Å². The van der Waals surface area contributed by atoms with Gasteiger partial charge in [-0.15, -0.1) is 0 Å². The standard InChI is InChI=1S/C51H33N3O2/c1-4-13-32(14-5-1)33-23-25-34(26-24-33)46-42(51-53-49(35-15-6-2-7-16-35)52-50(54-51)36-17-8-3-9-18-36)29-28-41-40-21-12-20-38(47(40)56-48(41)46)37-27-30-45-43(31-37)39-19-10-11-22-44(39)55-45/h1-31,51H,(H,52,53,54). The van der Waals surface area contributed by atoms with Gasteiger partial charge in [0.25, 0.3) is 0 Å². The van der Waals surface area contributed by atoms with Crippen molar-refractivity contribution in [2.45, 2.75) is 6.17 Å². The van der Waals surface area contributed by atoms with E-state index in [-0.39, 0.29) is 0 Å². The molecule has 1 unspecified atom stereocenters. The number of benzene rings is 8. The lowest BCUT2D eigenvalue weighted by Crippen LogP contribution is -2.33. The molecule has 1 N–H and O–H groups in total. The number of furan rings is 2. The average molecular weight is 720 g/mol. The molecule has 3 heterocycles. The van der Waals surface area contributed by atoms with E-state index < -0.39 is 6.17 Å². The highest BCUT2D eigenvalue weighted by molar-refractivity contribution is 6.16. The predicted octanol–water partition coefficient (Wildman–Crippen LogP) is 13.0. The van der Waals surface area contributed by atoms with E-state index in [1.807, 2.05) is 54.6 Å². The number of fused-ring (bicyclic) bond motifs is 6. The predicted molar refractivity (Wildman–Crippen MR) is 229 cm³/mol. The van der Waals surface area contributed by atoms with Crippen LogP contribution in [0.5, 0.6) is 0 Å². The van der Waals surface area contributed by atoms with Crippen molar-refractivity contribution in [3.05, 3.63) is 205 Å². The Labute approximate surface area is 322 Å². The second kappa shape index (κ2) is 13.1. The minimum Gasteiger partial charge on any atom is -0.456 e. The lowest BCUT2D eigenvalue weighted by atomic mass is 9.93. The molecule has 0 spiro atoms. The maximum absolute atomic E-state index is 7.14. The molecule has 10 aromatic rings. The molecule has 0 fully saturated rings. The summed E-state index contributed by atoms with van der Waals surface area (Å²) in [5.74, 6) is 1.44. The molecular weight excluding hydrogens is 687 g/mol. The molecule has 1 atom stereocenters. The fourth-order valence-corrected chi connectivity index (χ4v) is 8.05. The first-order valence-electron chi connectivity index (χ1n) is 18.8. The summed E-state index contributed by atoms with van der Waals surface area (Å²) in [6.45, 7) is 0. The van der Waals surface area contributed by atoms with Crippen molar-refractivity contribution in [1.82, 2.24) is 5.32 Å². The molecule has 8 aromatic carbocycles. The van der Waals surface area contributed by atoms with Gasteiger partial charge >= 0.3 is 0 Å². The van der Waals surface area contributed by atoms with Gasteiger partial charge in [0.15, 0.2) is 5.84 Å². The zero-order valence-electron chi connectivity index (χ0n) is 30.2. The number of rotatable bonds is 6. The van der Waals surface area contributed by atoms with Crippen LogP contribution in [0.3, 0.4) is 0 Å². The molecule has 0 radical (unpaired) electrons. The van der Waals surface area contributed by atoms with E-state index >= 15 is 0 Å². The van der Waals surface area contributed by atoms with E-state index in [4.69, 9.17) is 18.8 Å². The molecular formula is C51H33N3O2. The van der Waals surface area contributed by atoms with Gasteiger partial charge in [0.1, 0.15) is 34.3 Å². The summed E-state index contributed by atoms with van der Waals surface area (Å²) in [6.07, 6.45) is -0.449. The van der Waals surface area contributed by atoms with Crippen molar-refractivity contribution in [1.29, 1.82) is 0 Å². The third-order valence-corrected chi connectivity index (χ3v) is 10.8. The first kappa shape index (κ1) is 32.0. The Morgan fingerprint density at radius 2 is 1.02 bits per heavy atom. The Hall–Kier alpha value is -7.50. The third-order valence-electron chi connectivity index (χ3n) is 10.8. The molecule has 0 saturated heterocycles. The summed E-state index contributed by atoms with van der Waals surface area (Å²) in [5, 5.41) is 7.99. The highest BCUT2D eigenvalue weighted by atomic mass is 16.3. The van der Waals surface area contributed by atoms with Gasteiger partial charge in [-0.2, -0.15) is 0 Å². The number of nitrogens with one attached hydrogen (secondary N) is 1. The fraction of sp³-hybridized carbons (Fsp3) is 0.0196. The van der Waals surface area contributed by atoms with Gasteiger partial charge in [0, 0.05) is 49.4 Å². The highest BCUT2D eigenvalue weighted by Crippen LogP contribution is 2.44. The maximum atomic E-state index is 7.14. The molecule has 56 heavy (non-hydrogen) atoms. The van der Waals surface area contributed by atoms with Crippen LogP contribution in [-0.2, 0) is 0 Å². The quantitative estimate of drug-likeness (QED) is 0.186. The van der Waals surface area contributed by atoms with Crippen LogP contribution in [-0.4, -0.2) is 11.7 Å². The van der Waals surface area contributed by atoms with Crippen LogP contribution in [0.4, 0.5) is 0 Å². The number of amidine groups is 2. The summed E-state index contributed by atoms with van der Waals surface area (Å²) in [6, 6.07) is 65.1. The normalized spacial score (nSPS) is 14.2. The van der Waals surface area contributed by atoms with Gasteiger partial charge in [-0.25, -0.2) is 9.98 Å². The van der Waals surface area contributed by atoms with Crippen LogP contribution in [0.1, 0.15) is 22.9 Å². The van der Waals surface area contributed by atoms with E-state index in [0.717, 1.165) is 94.2 Å². The van der Waals surface area contributed by atoms with Crippen LogP contribution in [0, 0.1) is 0 Å². The summed E-state index contributed by atoms with van der Waals surface area (Å²) < 4.78 is 13.3. The van der Waals surface area contributed by atoms with Gasteiger partial charge in [-0.3, -0.25) is 0 Å². The van der Waals surface area contributed by atoms with Crippen molar-refractivity contribution in [3.63, 3.8) is 0 Å². The topological polar surface area (TPSA) is 63.0 Å². The Bertz CT molecular complexity index is 3140. The van der Waals surface area contributed by atoms with Crippen LogP contribution in [0.2, 0.25) is 0 Å². The average Bonchev–Trinajstić information content (AvgIpc) is 3.85. The first-order valence-corrected chi connectivity index (χ1v) is 18.8. The molecule has 1 aliphatic rings. The Kier molecular flexibility index (Phi) is 7.49. The van der Waals surface area contributed by atoms with E-state index in [9.17, 15) is 0 Å². The zero-order chi connectivity index (χ0) is 37.0. The number of hydrogen-bond acceptors (Lipinski definition) is 5. The fourth-order valence-electron chi connectivity index (χ4n) is 8.05. The molecule has 0 aliphatic carbocycles. The number of para-hydroxylation sites is 2. The van der Waals surface area contributed by atoms with E-state index in [2.05, 4.69) is 139 Å². The minimum absolute atomic E-state index is 0.449. The van der Waals surface area contributed by atoms with Crippen molar-refractivity contribution >= 4 is 55.5 Å². The highest BCUT2D eigenvalue weighted by Gasteiger charge is 2.27. The smallest absolute Gasteiger partial charge is 0.159 e. The van der Waals surface area contributed by atoms with E-state index in [1.54, 1.807) is 0 Å². The Morgan fingerprint density at radius 3 is 1.80 bits per heavy atom. The molecule has 1 aliphatic heterocycles. The molecule has 0 saturated carbocycles. The summed E-state index contributed by atoms with van der Waals surface area (Å²) >= 11 is 0. The van der Waals surface area contributed by atoms with Gasteiger partial charge in [0.2, 0.25) is 0 Å². The first-order chi connectivity index (χ1) is 27.7. The molecule has 11 rings (SSSR count). The van der Waals surface area contributed by atoms with Crippen LogP contribution in [0.15, 0.2) is 207 Å². The second-order valence-corrected chi connectivity index (χ2v) is 14.1. The number of nitrogens with zero attached hydrogens (tertiary/aromatic N) is 2. The monoisotopic (exact) mass is 719 g/mol. The second-order valence-electron chi connectivity index (χ2n) is 14.1. The molecule has 5 nitrogen and oxygen atoms in total. The number of hydrogen-bond donors (Lipinski definition) is 1. The van der Waals surface area contributed by atoms with Crippen molar-refractivity contribution in [2.75, 3.05) is 0 Å². The summed E-state index contributed by atoms with van der Waals surface area (Å²) in [4.78, 5) is 10.3. The Morgan fingerprint density at radius 1 is 0.411 bits per heavy atom. The van der Waals surface area contributed by atoms with Crippen molar-refractivity contribution in [3.8, 4) is 33.4 Å². The largest absolute Gasteiger partial charge is 0.456 e. The van der Waals surface area contributed by atoms with Crippen molar-refractivity contribution in [2.24, 2.45) is 9.98 Å². The van der Waals surface area contributed by atoms with Crippen LogP contribution >= 0.6 is 0 Å². The lowest BCUT2D eigenvalue weighted by Gasteiger charge is -2.25. The van der Waals surface area contributed by atoms with Crippen molar-refractivity contribution < 1.29 is 8.83 Å². The van der Waals surface area contributed by atoms with Gasteiger partial charge in [0.05, 0.1) is 0 Å². The Balaban J connectivity index is 1.13. The van der Waals surface area contributed by atoms with Gasteiger partial charge in [-0.1, -0.05) is 170 Å². The maximum Gasteiger partial charge on any atom is 0.159 e.